The summed E-state index contributed by atoms with van der Waals surface area (Å²) in [6.07, 6.45) is 0.976. The quantitative estimate of drug-likeness (QED) is 0.804. The lowest BCUT2D eigenvalue weighted by Gasteiger charge is -2.34. The van der Waals surface area contributed by atoms with E-state index in [1.165, 1.54) is 5.56 Å². The predicted octanol–water partition coefficient (Wildman–Crippen LogP) is 0.530. The third-order valence-corrected chi connectivity index (χ3v) is 4.87. The topological polar surface area (TPSA) is 47.6 Å². The van der Waals surface area contributed by atoms with E-state index in [0.29, 0.717) is 0 Å². The van der Waals surface area contributed by atoms with Crippen LogP contribution in [0.4, 0.5) is 0 Å². The highest BCUT2D eigenvalue weighted by molar-refractivity contribution is 5.79. The maximum absolute atomic E-state index is 12.0. The van der Waals surface area contributed by atoms with Crippen molar-refractivity contribution in [2.24, 2.45) is 5.92 Å². The number of hydrogen-bond donors (Lipinski definition) is 2. The number of carbonyl (C=O) groups excluding carboxylic acids is 1. The van der Waals surface area contributed by atoms with E-state index in [1.54, 1.807) is 0 Å². The molecule has 5 heteroatoms. The number of benzene rings is 1. The first-order valence-electron chi connectivity index (χ1n) is 8.78. The van der Waals surface area contributed by atoms with Crippen LogP contribution in [-0.2, 0) is 11.3 Å². The molecule has 1 aromatic carbocycles. The number of carbonyl (C=O) groups is 1. The fourth-order valence-corrected chi connectivity index (χ4v) is 3.37. The van der Waals surface area contributed by atoms with Gasteiger partial charge in [-0.05, 0) is 18.5 Å². The van der Waals surface area contributed by atoms with Crippen LogP contribution in [0.5, 0.6) is 0 Å². The van der Waals surface area contributed by atoms with Gasteiger partial charge >= 0.3 is 0 Å². The van der Waals surface area contributed by atoms with Crippen molar-refractivity contribution in [2.75, 3.05) is 52.4 Å². The first-order chi connectivity index (χ1) is 11.3. The fraction of sp³-hybridized carbons (Fsp3) is 0.611. The molecule has 5 nitrogen and oxygen atoms in total. The van der Waals surface area contributed by atoms with E-state index >= 15 is 0 Å². The summed E-state index contributed by atoms with van der Waals surface area (Å²) in [6, 6.07) is 10.7. The monoisotopic (exact) mass is 316 g/mol. The Kier molecular flexibility index (Phi) is 6.02. The fourth-order valence-electron chi connectivity index (χ4n) is 3.37. The Hall–Kier alpha value is -1.43. The molecule has 0 saturated carbocycles. The highest BCUT2D eigenvalue weighted by Gasteiger charge is 2.22. The number of hydrogen-bond acceptors (Lipinski definition) is 4. The zero-order valence-corrected chi connectivity index (χ0v) is 13.8. The Balaban J connectivity index is 1.31. The van der Waals surface area contributed by atoms with Crippen molar-refractivity contribution in [2.45, 2.75) is 13.0 Å². The molecule has 1 aromatic rings. The maximum Gasteiger partial charge on any atom is 0.224 e. The van der Waals surface area contributed by atoms with Crippen molar-refractivity contribution in [1.29, 1.82) is 0 Å². The van der Waals surface area contributed by atoms with Crippen LogP contribution >= 0.6 is 0 Å². The van der Waals surface area contributed by atoms with Crippen LogP contribution in [0, 0.1) is 5.92 Å². The van der Waals surface area contributed by atoms with Gasteiger partial charge < -0.3 is 10.6 Å². The molecule has 2 N–H and O–H groups in total. The minimum absolute atomic E-state index is 0.178. The molecule has 2 saturated heterocycles. The predicted molar refractivity (Wildman–Crippen MR) is 92.1 cm³/mol. The zero-order chi connectivity index (χ0) is 15.9. The van der Waals surface area contributed by atoms with Crippen molar-refractivity contribution < 1.29 is 4.79 Å². The third kappa shape index (κ3) is 5.03. The lowest BCUT2D eigenvalue weighted by molar-refractivity contribution is -0.124. The van der Waals surface area contributed by atoms with Crippen LogP contribution in [0.25, 0.3) is 0 Å². The van der Waals surface area contributed by atoms with Crippen molar-refractivity contribution in [1.82, 2.24) is 20.4 Å². The van der Waals surface area contributed by atoms with Crippen molar-refractivity contribution >= 4 is 5.91 Å². The number of nitrogens with zero attached hydrogens (tertiary/aromatic N) is 2. The molecule has 1 amide bonds. The average molecular weight is 316 g/mol. The van der Waals surface area contributed by atoms with E-state index in [0.717, 1.165) is 65.3 Å². The summed E-state index contributed by atoms with van der Waals surface area (Å²) in [4.78, 5) is 16.9. The van der Waals surface area contributed by atoms with E-state index in [1.807, 2.05) is 0 Å². The van der Waals surface area contributed by atoms with Crippen LogP contribution in [0.15, 0.2) is 30.3 Å². The van der Waals surface area contributed by atoms with Crippen LogP contribution in [-0.4, -0.2) is 68.1 Å². The van der Waals surface area contributed by atoms with E-state index in [4.69, 9.17) is 0 Å². The summed E-state index contributed by atoms with van der Waals surface area (Å²) in [5.74, 6) is 0.399. The summed E-state index contributed by atoms with van der Waals surface area (Å²) < 4.78 is 0. The van der Waals surface area contributed by atoms with E-state index in [-0.39, 0.29) is 11.8 Å². The highest BCUT2D eigenvalue weighted by atomic mass is 16.1. The Morgan fingerprint density at radius 3 is 2.57 bits per heavy atom. The van der Waals surface area contributed by atoms with E-state index in [9.17, 15) is 4.79 Å². The largest absolute Gasteiger partial charge is 0.355 e. The van der Waals surface area contributed by atoms with Crippen molar-refractivity contribution in [3.63, 3.8) is 0 Å². The zero-order valence-electron chi connectivity index (χ0n) is 13.8. The molecule has 3 rings (SSSR count). The highest BCUT2D eigenvalue weighted by Crippen LogP contribution is 2.09. The normalized spacial score (nSPS) is 23.0. The van der Waals surface area contributed by atoms with Crippen LogP contribution in [0.2, 0.25) is 0 Å². The Morgan fingerprint density at radius 2 is 1.87 bits per heavy atom. The lowest BCUT2D eigenvalue weighted by atomic mass is 10.1. The van der Waals surface area contributed by atoms with Gasteiger partial charge in [-0.3, -0.25) is 14.6 Å². The number of rotatable bonds is 6. The molecule has 1 unspecified atom stereocenters. The molecule has 126 valence electrons. The third-order valence-electron chi connectivity index (χ3n) is 4.87. The minimum atomic E-state index is 0.178. The van der Waals surface area contributed by atoms with Crippen molar-refractivity contribution in [3.8, 4) is 0 Å². The molecule has 1 atom stereocenters. The Bertz CT molecular complexity index is 479. The van der Waals surface area contributed by atoms with Crippen LogP contribution in [0.3, 0.4) is 0 Å². The molecular weight excluding hydrogens is 288 g/mol. The van der Waals surface area contributed by atoms with Gasteiger partial charge in [-0.1, -0.05) is 30.3 Å². The second kappa shape index (κ2) is 8.43. The SMILES string of the molecule is O=C(NCCN1CCN(Cc2ccccc2)CC1)C1CCNC1. The second-order valence-corrected chi connectivity index (χ2v) is 6.58. The Morgan fingerprint density at radius 1 is 1.13 bits per heavy atom. The van der Waals surface area contributed by atoms with Gasteiger partial charge in [0.2, 0.25) is 5.91 Å². The number of piperazine rings is 1. The molecule has 2 fully saturated rings. The summed E-state index contributed by atoms with van der Waals surface area (Å²) in [5, 5.41) is 6.33. The molecule has 2 aliphatic heterocycles. The summed E-state index contributed by atoms with van der Waals surface area (Å²) >= 11 is 0. The van der Waals surface area contributed by atoms with E-state index < -0.39 is 0 Å². The Labute approximate surface area is 139 Å². The number of amides is 1. The summed E-state index contributed by atoms with van der Waals surface area (Å²) in [5.41, 5.74) is 1.39. The maximum atomic E-state index is 12.0. The molecule has 23 heavy (non-hydrogen) atoms. The van der Waals surface area contributed by atoms with Gasteiger partial charge in [0, 0.05) is 52.4 Å². The first kappa shape index (κ1) is 16.4. The van der Waals surface area contributed by atoms with Crippen LogP contribution < -0.4 is 10.6 Å². The lowest BCUT2D eigenvalue weighted by Crippen LogP contribution is -2.48. The number of nitrogens with one attached hydrogen (secondary N) is 2. The van der Waals surface area contributed by atoms with Crippen molar-refractivity contribution in [3.05, 3.63) is 35.9 Å². The van der Waals surface area contributed by atoms with Gasteiger partial charge in [0.1, 0.15) is 0 Å². The average Bonchev–Trinajstić information content (AvgIpc) is 3.12. The molecule has 0 spiro atoms. The van der Waals surface area contributed by atoms with Gasteiger partial charge in [0.15, 0.2) is 0 Å². The van der Waals surface area contributed by atoms with Gasteiger partial charge in [0.05, 0.1) is 5.92 Å². The molecule has 2 heterocycles. The molecule has 0 bridgehead atoms. The first-order valence-corrected chi connectivity index (χ1v) is 8.78. The summed E-state index contributed by atoms with van der Waals surface area (Å²) in [7, 11) is 0. The molecule has 0 aliphatic carbocycles. The second-order valence-electron chi connectivity index (χ2n) is 6.58. The van der Waals surface area contributed by atoms with Gasteiger partial charge in [-0.15, -0.1) is 0 Å². The van der Waals surface area contributed by atoms with Gasteiger partial charge in [-0.2, -0.15) is 0 Å². The smallest absolute Gasteiger partial charge is 0.224 e. The summed E-state index contributed by atoms with van der Waals surface area (Å²) in [6.45, 7) is 8.98. The molecule has 0 radical (unpaired) electrons. The van der Waals surface area contributed by atoms with E-state index in [2.05, 4.69) is 50.8 Å². The molecular formula is C18H28N4O. The minimum Gasteiger partial charge on any atom is -0.355 e. The standard InChI is InChI=1S/C18H28N4O/c23-18(17-6-7-19-14-17)20-8-9-21-10-12-22(13-11-21)15-16-4-2-1-3-5-16/h1-5,17,19H,6-15H2,(H,20,23). The molecule has 0 aromatic heterocycles. The van der Waals surface area contributed by atoms with Gasteiger partial charge in [-0.25, -0.2) is 0 Å². The van der Waals surface area contributed by atoms with Crippen LogP contribution in [0.1, 0.15) is 12.0 Å². The molecule has 2 aliphatic rings. The van der Waals surface area contributed by atoms with Gasteiger partial charge in [0.25, 0.3) is 0 Å².